The molecule has 0 amide bonds. The largest absolute Gasteiger partial charge is 0.433 e. The van der Waals surface area contributed by atoms with Crippen molar-refractivity contribution in [1.82, 2.24) is 4.98 Å². The summed E-state index contributed by atoms with van der Waals surface area (Å²) in [4.78, 5) is 15.4. The van der Waals surface area contributed by atoms with Gasteiger partial charge in [0.2, 0.25) is 0 Å². The molecule has 0 aliphatic carbocycles. The highest BCUT2D eigenvalue weighted by Gasteiger charge is 2.33. The Hall–Kier alpha value is -2.42. The Balaban J connectivity index is 2.28. The van der Waals surface area contributed by atoms with Crippen molar-refractivity contribution in [2.24, 2.45) is 0 Å². The fourth-order valence-corrected chi connectivity index (χ4v) is 2.52. The normalized spacial score (nSPS) is 12.0. The average molecular weight is 359 g/mol. The lowest BCUT2D eigenvalue weighted by Gasteiger charge is -2.10. The molecule has 24 heavy (non-hydrogen) atoms. The van der Waals surface area contributed by atoms with Gasteiger partial charge < -0.3 is 4.74 Å². The van der Waals surface area contributed by atoms with Crippen LogP contribution in [0.25, 0.3) is 0 Å². The number of hydrogen-bond acceptors (Lipinski definition) is 5. The van der Waals surface area contributed by atoms with E-state index in [2.05, 4.69) is 4.98 Å². The van der Waals surface area contributed by atoms with Gasteiger partial charge in [-0.25, -0.2) is 18.2 Å². The van der Waals surface area contributed by atoms with Crippen LogP contribution in [0.5, 0.6) is 5.75 Å². The first-order valence-electron chi connectivity index (χ1n) is 6.55. The van der Waals surface area contributed by atoms with Gasteiger partial charge in [-0.3, -0.25) is 0 Å². The Morgan fingerprint density at radius 3 is 2.38 bits per heavy atom. The number of rotatable bonds is 3. The van der Waals surface area contributed by atoms with Crippen molar-refractivity contribution in [2.75, 3.05) is 6.26 Å². The maximum atomic E-state index is 12.6. The molecule has 0 aliphatic heterocycles. The number of ether oxygens (including phenoxy) is 1. The van der Waals surface area contributed by atoms with Crippen LogP contribution < -0.4 is 4.74 Å². The molecule has 1 aromatic carbocycles. The van der Waals surface area contributed by atoms with E-state index in [1.54, 1.807) is 0 Å². The number of halogens is 3. The monoisotopic (exact) mass is 359 g/mol. The molecule has 0 aliphatic rings. The lowest BCUT2D eigenvalue weighted by molar-refractivity contribution is -0.141. The molecule has 0 N–H and O–H groups in total. The van der Waals surface area contributed by atoms with Crippen LogP contribution in [0.4, 0.5) is 13.2 Å². The average Bonchev–Trinajstić information content (AvgIpc) is 2.45. The highest BCUT2D eigenvalue weighted by Crippen LogP contribution is 2.28. The van der Waals surface area contributed by atoms with Gasteiger partial charge in [-0.15, -0.1) is 0 Å². The van der Waals surface area contributed by atoms with E-state index in [4.69, 9.17) is 4.74 Å². The third-order valence-corrected chi connectivity index (χ3v) is 4.15. The van der Waals surface area contributed by atoms with Crippen molar-refractivity contribution in [3.63, 3.8) is 0 Å². The van der Waals surface area contributed by atoms with E-state index in [0.29, 0.717) is 6.07 Å². The zero-order valence-corrected chi connectivity index (χ0v) is 13.4. The lowest BCUT2D eigenvalue weighted by Crippen LogP contribution is -2.15. The predicted molar refractivity (Wildman–Crippen MR) is 78.5 cm³/mol. The minimum Gasteiger partial charge on any atom is -0.423 e. The Labute approximate surface area is 136 Å². The van der Waals surface area contributed by atoms with Gasteiger partial charge >= 0.3 is 12.1 Å². The second kappa shape index (κ2) is 6.23. The summed E-state index contributed by atoms with van der Waals surface area (Å²) >= 11 is 0. The molecule has 0 spiro atoms. The number of esters is 1. The number of aromatic nitrogens is 1. The maximum absolute atomic E-state index is 12.6. The Bertz CT molecular complexity index is 892. The van der Waals surface area contributed by atoms with E-state index < -0.39 is 27.7 Å². The molecule has 2 rings (SSSR count). The molecule has 1 aromatic heterocycles. The van der Waals surface area contributed by atoms with Crippen molar-refractivity contribution in [2.45, 2.75) is 18.0 Å². The first-order chi connectivity index (χ1) is 11.0. The molecule has 1 heterocycles. The van der Waals surface area contributed by atoms with Gasteiger partial charge in [0.25, 0.3) is 0 Å². The molecular weight excluding hydrogens is 347 g/mol. The predicted octanol–water partition coefficient (Wildman–Crippen LogP) is 3.03. The summed E-state index contributed by atoms with van der Waals surface area (Å²) in [5.41, 5.74) is -1.41. The van der Waals surface area contributed by atoms with Gasteiger partial charge in [0.05, 0.1) is 16.2 Å². The molecule has 5 nitrogen and oxygen atoms in total. The molecular formula is C15H12F3NO4S. The molecule has 0 saturated carbocycles. The third kappa shape index (κ3) is 4.10. The van der Waals surface area contributed by atoms with Crippen LogP contribution in [0.1, 0.15) is 21.7 Å². The number of benzene rings is 1. The van der Waals surface area contributed by atoms with Crippen LogP contribution in [0, 0.1) is 6.92 Å². The zero-order chi connectivity index (χ0) is 18.1. The van der Waals surface area contributed by atoms with E-state index in [1.165, 1.54) is 25.1 Å². The minimum atomic E-state index is -4.61. The summed E-state index contributed by atoms with van der Waals surface area (Å²) in [5, 5.41) is 0. The van der Waals surface area contributed by atoms with Gasteiger partial charge in [0.15, 0.2) is 9.84 Å². The second-order valence-electron chi connectivity index (χ2n) is 4.96. The van der Waals surface area contributed by atoms with Crippen LogP contribution in [-0.4, -0.2) is 25.6 Å². The van der Waals surface area contributed by atoms with Crippen LogP contribution in [0.15, 0.2) is 41.3 Å². The summed E-state index contributed by atoms with van der Waals surface area (Å²) in [6.45, 7) is 1.25. The van der Waals surface area contributed by atoms with Gasteiger partial charge in [0, 0.05) is 6.26 Å². The lowest BCUT2D eigenvalue weighted by atomic mass is 10.2. The van der Waals surface area contributed by atoms with Crippen molar-refractivity contribution in [3.05, 3.63) is 53.3 Å². The van der Waals surface area contributed by atoms with E-state index >= 15 is 0 Å². The number of alkyl halides is 3. The van der Waals surface area contributed by atoms with Crippen molar-refractivity contribution < 1.29 is 31.1 Å². The van der Waals surface area contributed by atoms with Crippen molar-refractivity contribution >= 4 is 15.8 Å². The molecule has 0 bridgehead atoms. The first kappa shape index (κ1) is 17.9. The highest BCUT2D eigenvalue weighted by atomic mass is 32.2. The number of hydrogen-bond donors (Lipinski definition) is 0. The highest BCUT2D eigenvalue weighted by molar-refractivity contribution is 7.90. The Morgan fingerprint density at radius 1 is 1.17 bits per heavy atom. The zero-order valence-electron chi connectivity index (χ0n) is 12.6. The molecule has 0 unspecified atom stereocenters. The molecule has 9 heteroatoms. The fourth-order valence-electron chi connectivity index (χ4n) is 1.87. The van der Waals surface area contributed by atoms with Crippen molar-refractivity contribution in [3.8, 4) is 5.75 Å². The topological polar surface area (TPSA) is 73.3 Å². The van der Waals surface area contributed by atoms with Crippen LogP contribution in [0.3, 0.4) is 0 Å². The number of sulfone groups is 1. The number of pyridine rings is 1. The third-order valence-electron chi connectivity index (χ3n) is 3.04. The molecule has 2 aromatic rings. The maximum Gasteiger partial charge on any atom is 0.433 e. The quantitative estimate of drug-likeness (QED) is 0.622. The molecule has 128 valence electrons. The van der Waals surface area contributed by atoms with Gasteiger partial charge in [-0.2, -0.15) is 13.2 Å². The number of carbonyl (C=O) groups is 1. The van der Waals surface area contributed by atoms with Gasteiger partial charge in [-0.1, -0.05) is 6.07 Å². The molecule has 0 radical (unpaired) electrons. The number of carbonyl (C=O) groups excluding carboxylic acids is 1. The molecule has 0 saturated heterocycles. The summed E-state index contributed by atoms with van der Waals surface area (Å²) in [6.07, 6.45) is -3.62. The summed E-state index contributed by atoms with van der Waals surface area (Å²) in [7, 11) is -3.48. The molecule has 0 atom stereocenters. The Kier molecular flexibility index (Phi) is 4.66. The summed E-state index contributed by atoms with van der Waals surface area (Å²) in [5.74, 6) is -0.971. The smallest absolute Gasteiger partial charge is 0.423 e. The number of aryl methyl sites for hydroxylation is 1. The first-order valence-corrected chi connectivity index (χ1v) is 8.45. The fraction of sp³-hybridized carbons (Fsp3) is 0.200. The van der Waals surface area contributed by atoms with Gasteiger partial charge in [-0.05, 0) is 37.3 Å². The number of nitrogens with zero attached hydrogens (tertiary/aromatic N) is 1. The van der Waals surface area contributed by atoms with E-state index in [-0.39, 0.29) is 21.9 Å². The summed E-state index contributed by atoms with van der Waals surface area (Å²) in [6, 6.07) is 6.87. The summed E-state index contributed by atoms with van der Waals surface area (Å²) < 4.78 is 65.7. The van der Waals surface area contributed by atoms with E-state index in [0.717, 1.165) is 18.4 Å². The standard InChI is InChI=1S/C15H12F3NO4S/c1-9-12(6-7-13(19-9)15(16,17)18)14(20)23-10-4-3-5-11(8-10)24(2,21)22/h3-8H,1-2H3. The second-order valence-corrected chi connectivity index (χ2v) is 6.98. The molecule has 0 fully saturated rings. The van der Waals surface area contributed by atoms with Crippen LogP contribution in [-0.2, 0) is 16.0 Å². The van der Waals surface area contributed by atoms with Crippen LogP contribution in [0.2, 0.25) is 0 Å². The van der Waals surface area contributed by atoms with Gasteiger partial charge in [0.1, 0.15) is 11.4 Å². The van der Waals surface area contributed by atoms with Crippen LogP contribution >= 0.6 is 0 Å². The van der Waals surface area contributed by atoms with Crippen molar-refractivity contribution in [1.29, 1.82) is 0 Å². The Morgan fingerprint density at radius 2 is 1.83 bits per heavy atom. The van der Waals surface area contributed by atoms with E-state index in [1.807, 2.05) is 0 Å². The SMILES string of the molecule is Cc1nc(C(F)(F)F)ccc1C(=O)Oc1cccc(S(C)(=O)=O)c1. The minimum absolute atomic E-state index is 0.0396. The van der Waals surface area contributed by atoms with E-state index in [9.17, 15) is 26.4 Å².